The first kappa shape index (κ1) is 23.4. The smallest absolute Gasteiger partial charge is 0.179 e. The summed E-state index contributed by atoms with van der Waals surface area (Å²) in [6, 6.07) is 6.05. The fraction of sp³-hybridized carbons (Fsp3) is 0.536. The number of nitrogens with one attached hydrogen (secondary N) is 1. The van der Waals surface area contributed by atoms with Crippen molar-refractivity contribution in [3.63, 3.8) is 0 Å². The van der Waals surface area contributed by atoms with Crippen LogP contribution in [-0.4, -0.2) is 66.0 Å². The Morgan fingerprint density at radius 1 is 1.14 bits per heavy atom. The Morgan fingerprint density at radius 3 is 2.72 bits per heavy atom. The van der Waals surface area contributed by atoms with E-state index in [1.807, 2.05) is 12.1 Å². The van der Waals surface area contributed by atoms with Crippen molar-refractivity contribution in [2.24, 2.45) is 0 Å². The van der Waals surface area contributed by atoms with E-state index in [4.69, 9.17) is 14.2 Å². The van der Waals surface area contributed by atoms with Crippen LogP contribution in [0.1, 0.15) is 53.8 Å². The van der Waals surface area contributed by atoms with Crippen LogP contribution >= 0.6 is 0 Å². The Hall–Kier alpha value is -2.99. The summed E-state index contributed by atoms with van der Waals surface area (Å²) < 4.78 is 16.9. The van der Waals surface area contributed by atoms with Crippen LogP contribution in [-0.2, 0) is 24.1 Å². The van der Waals surface area contributed by atoms with Gasteiger partial charge in [0.25, 0.3) is 0 Å². The predicted molar refractivity (Wildman–Crippen MR) is 135 cm³/mol. The second-order valence-electron chi connectivity index (χ2n) is 10.2. The van der Waals surface area contributed by atoms with E-state index in [-0.39, 0.29) is 6.10 Å². The Kier molecular flexibility index (Phi) is 6.61. The zero-order chi connectivity index (χ0) is 24.5. The van der Waals surface area contributed by atoms with Gasteiger partial charge < -0.3 is 19.5 Å². The van der Waals surface area contributed by atoms with E-state index in [0.717, 1.165) is 67.2 Å². The second-order valence-corrected chi connectivity index (χ2v) is 10.2. The summed E-state index contributed by atoms with van der Waals surface area (Å²) in [5, 5.41) is 13.5. The molecule has 0 saturated carbocycles. The average molecular weight is 488 g/mol. The molecule has 8 nitrogen and oxygen atoms in total. The first-order valence-corrected chi connectivity index (χ1v) is 13.1. The normalized spacial score (nSPS) is 26.4. The highest BCUT2D eigenvalue weighted by Crippen LogP contribution is 2.37. The monoisotopic (exact) mass is 487 g/mol. The van der Waals surface area contributed by atoms with Crippen molar-refractivity contribution in [2.75, 3.05) is 26.9 Å². The Morgan fingerprint density at radius 2 is 1.94 bits per heavy atom. The topological polar surface area (TPSA) is 92.5 Å². The molecule has 3 atom stereocenters. The summed E-state index contributed by atoms with van der Waals surface area (Å²) in [5.41, 5.74) is 5.01. The lowest BCUT2D eigenvalue weighted by molar-refractivity contribution is 0.117. The van der Waals surface area contributed by atoms with Crippen LogP contribution in [0.3, 0.4) is 0 Å². The number of nitriles is 1. The molecule has 1 aliphatic carbocycles. The van der Waals surface area contributed by atoms with E-state index in [9.17, 15) is 5.26 Å². The van der Waals surface area contributed by atoms with Gasteiger partial charge in [-0.15, -0.1) is 0 Å². The number of rotatable bonds is 7. The third kappa shape index (κ3) is 4.59. The van der Waals surface area contributed by atoms with Gasteiger partial charge in [-0.1, -0.05) is 6.08 Å². The minimum absolute atomic E-state index is 0.0497. The number of piperidine rings is 1. The third-order valence-electron chi connectivity index (χ3n) is 8.19. The average Bonchev–Trinajstić information content (AvgIpc) is 3.16. The van der Waals surface area contributed by atoms with Crippen LogP contribution < -0.4 is 14.8 Å². The maximum absolute atomic E-state index is 9.77. The van der Waals surface area contributed by atoms with Crippen molar-refractivity contribution >= 4 is 6.08 Å². The molecule has 0 spiro atoms. The van der Waals surface area contributed by atoms with E-state index in [2.05, 4.69) is 32.3 Å². The van der Waals surface area contributed by atoms with E-state index in [1.54, 1.807) is 19.5 Å². The van der Waals surface area contributed by atoms with Crippen LogP contribution in [0.5, 0.6) is 11.5 Å². The van der Waals surface area contributed by atoms with Gasteiger partial charge in [-0.2, -0.15) is 5.26 Å². The molecule has 2 aromatic rings. The summed E-state index contributed by atoms with van der Waals surface area (Å²) in [7, 11) is 1.74. The Balaban J connectivity index is 1.08. The lowest BCUT2D eigenvalue weighted by Crippen LogP contribution is -2.49. The quantitative estimate of drug-likeness (QED) is 0.637. The minimum atomic E-state index is 0.0497. The first-order chi connectivity index (χ1) is 17.7. The largest absolute Gasteiger partial charge is 0.486 e. The summed E-state index contributed by atoms with van der Waals surface area (Å²) in [4.78, 5) is 11.8. The SMILES string of the molecule is COC1C=Cc2ncc(C#N)c(CCN3C4CCC3CC(NCc3cc5c(cn3)OCCO5)C4)c2C1. The molecule has 8 heteroatoms. The summed E-state index contributed by atoms with van der Waals surface area (Å²) >= 11 is 0. The molecular formula is C28H33N5O3. The van der Waals surface area contributed by atoms with Crippen molar-refractivity contribution in [3.05, 3.63) is 52.6 Å². The Labute approximate surface area is 212 Å². The minimum Gasteiger partial charge on any atom is -0.486 e. The van der Waals surface area contributed by atoms with Crippen LogP contribution in [0, 0.1) is 11.3 Å². The summed E-state index contributed by atoms with van der Waals surface area (Å²) in [6.07, 6.45) is 14.1. The van der Waals surface area contributed by atoms with Gasteiger partial charge in [0, 0.05) is 57.0 Å². The number of aromatic nitrogens is 2. The number of hydrogen-bond donors (Lipinski definition) is 1. The number of hydrogen-bond acceptors (Lipinski definition) is 8. The van der Waals surface area contributed by atoms with E-state index >= 15 is 0 Å². The third-order valence-corrected chi connectivity index (χ3v) is 8.19. The van der Waals surface area contributed by atoms with Crippen LogP contribution in [0.4, 0.5) is 0 Å². The molecule has 5 heterocycles. The highest BCUT2D eigenvalue weighted by molar-refractivity contribution is 5.58. The van der Waals surface area contributed by atoms with Gasteiger partial charge in [0.15, 0.2) is 11.5 Å². The molecule has 1 N–H and O–H groups in total. The van der Waals surface area contributed by atoms with Gasteiger partial charge >= 0.3 is 0 Å². The van der Waals surface area contributed by atoms with Crippen LogP contribution in [0.2, 0.25) is 0 Å². The van der Waals surface area contributed by atoms with Crippen LogP contribution in [0.25, 0.3) is 6.08 Å². The molecule has 36 heavy (non-hydrogen) atoms. The van der Waals surface area contributed by atoms with Gasteiger partial charge in [0.2, 0.25) is 0 Å². The van der Waals surface area contributed by atoms with Gasteiger partial charge in [-0.3, -0.25) is 14.9 Å². The molecule has 2 fully saturated rings. The number of fused-ring (bicyclic) bond motifs is 4. The zero-order valence-electron chi connectivity index (χ0n) is 20.8. The molecule has 6 rings (SSSR count). The fourth-order valence-electron chi connectivity index (χ4n) is 6.37. The summed E-state index contributed by atoms with van der Waals surface area (Å²) in [5.74, 6) is 1.53. The number of nitrogens with zero attached hydrogens (tertiary/aromatic N) is 4. The number of methoxy groups -OCH3 is 1. The Bertz CT molecular complexity index is 1180. The second kappa shape index (κ2) is 10.2. The first-order valence-electron chi connectivity index (χ1n) is 13.1. The fourth-order valence-corrected chi connectivity index (χ4v) is 6.37. The molecule has 0 radical (unpaired) electrons. The standard InChI is InChI=1S/C28H33N5O3/c1-34-23-4-5-26-25(13-23)24(18(14-29)15-32-26)6-7-33-21-2-3-22(33)11-19(10-21)30-16-20-12-27-28(17-31-20)36-9-8-35-27/h4-5,12,15,17,19,21-23,30H,2-3,6-11,13,16H2,1H3. The van der Waals surface area contributed by atoms with Crippen molar-refractivity contribution in [3.8, 4) is 17.6 Å². The molecule has 0 aromatic carbocycles. The van der Waals surface area contributed by atoms with Crippen molar-refractivity contribution < 1.29 is 14.2 Å². The van der Waals surface area contributed by atoms with Crippen molar-refractivity contribution in [1.82, 2.24) is 20.2 Å². The predicted octanol–water partition coefficient (Wildman–Crippen LogP) is 3.03. The molecular weight excluding hydrogens is 454 g/mol. The molecule has 4 aliphatic rings. The molecule has 2 aromatic heterocycles. The molecule has 3 unspecified atom stereocenters. The van der Waals surface area contributed by atoms with Crippen molar-refractivity contribution in [2.45, 2.75) is 69.3 Å². The lowest BCUT2D eigenvalue weighted by atomic mass is 9.90. The lowest BCUT2D eigenvalue weighted by Gasteiger charge is -2.39. The zero-order valence-corrected chi connectivity index (χ0v) is 20.8. The maximum atomic E-state index is 9.77. The van der Waals surface area contributed by atoms with E-state index in [1.165, 1.54) is 18.4 Å². The maximum Gasteiger partial charge on any atom is 0.179 e. The molecule has 2 bridgehead atoms. The molecule has 188 valence electrons. The van der Waals surface area contributed by atoms with Gasteiger partial charge in [0.05, 0.1) is 29.3 Å². The van der Waals surface area contributed by atoms with E-state index in [0.29, 0.717) is 36.9 Å². The van der Waals surface area contributed by atoms with Crippen LogP contribution in [0.15, 0.2) is 24.5 Å². The van der Waals surface area contributed by atoms with E-state index < -0.39 is 0 Å². The highest BCUT2D eigenvalue weighted by atomic mass is 16.6. The van der Waals surface area contributed by atoms with Crippen molar-refractivity contribution in [1.29, 1.82) is 5.26 Å². The summed E-state index contributed by atoms with van der Waals surface area (Å²) in [6.45, 7) is 2.90. The van der Waals surface area contributed by atoms with Gasteiger partial charge in [0.1, 0.15) is 19.3 Å². The molecule has 3 aliphatic heterocycles. The molecule has 0 amide bonds. The number of ether oxygens (including phenoxy) is 3. The molecule has 2 saturated heterocycles. The van der Waals surface area contributed by atoms with Gasteiger partial charge in [-0.25, -0.2) is 0 Å². The van der Waals surface area contributed by atoms with Gasteiger partial charge in [-0.05, 0) is 49.3 Å². The highest BCUT2D eigenvalue weighted by Gasteiger charge is 2.40. The number of pyridine rings is 2.